The first-order chi connectivity index (χ1) is 42.5. The Morgan fingerprint density at radius 3 is 1.53 bits per heavy atom. The number of carbonyl (C=O) groups is 2. The summed E-state index contributed by atoms with van der Waals surface area (Å²) in [4.78, 5) is 66.3. The van der Waals surface area contributed by atoms with Crippen LogP contribution in [-0.2, 0) is 33.7 Å². The molecule has 456 valence electrons. The van der Waals surface area contributed by atoms with Gasteiger partial charge in [-0.3, -0.25) is 19.2 Å². The van der Waals surface area contributed by atoms with Crippen LogP contribution in [0.1, 0.15) is 56.9 Å². The van der Waals surface area contributed by atoms with E-state index < -0.39 is 15.6 Å². The molecule has 0 bridgehead atoms. The smallest absolute Gasteiger partial charge is 0.870 e. The van der Waals surface area contributed by atoms with E-state index in [1.54, 1.807) is 61.4 Å². The number of likely N-dealkylation sites (tertiary alicyclic amines) is 2. The number of rotatable bonds is 14. The molecule has 11 aromatic rings. The second-order valence-corrected chi connectivity index (χ2v) is 25.2. The number of aromatic nitrogens is 6. The Balaban J connectivity index is 0.000000198. The third kappa shape index (κ3) is 14.0. The first kappa shape index (κ1) is 65.0. The predicted molar refractivity (Wildman–Crippen MR) is 349 cm³/mol. The van der Waals surface area contributed by atoms with Crippen LogP contribution in [0.3, 0.4) is 0 Å². The molecule has 8 heterocycles. The number of fused-ring (bicyclic) bond motifs is 4. The topological polar surface area (TPSA) is 214 Å². The second-order valence-electron chi connectivity index (χ2n) is 23.4. The Hall–Kier alpha value is -8.01. The molecule has 0 radical (unpaired) electrons. The maximum atomic E-state index is 13.6. The summed E-state index contributed by atoms with van der Waals surface area (Å²) in [5, 5.41) is 3.43. The molecular weight excluding hydrogens is 1180 g/mol. The molecule has 2 saturated heterocycles. The Kier molecular flexibility index (Phi) is 20.2. The van der Waals surface area contributed by atoms with Crippen LogP contribution in [0.5, 0.6) is 11.5 Å². The minimum Gasteiger partial charge on any atom is -0.870 e. The van der Waals surface area contributed by atoms with E-state index in [1.165, 1.54) is 10.8 Å². The van der Waals surface area contributed by atoms with Gasteiger partial charge in [-0.25, -0.2) is 22.4 Å². The monoisotopic (exact) mass is 1250 g/mol. The first-order valence-corrected chi connectivity index (χ1v) is 31.4. The normalized spacial score (nSPS) is 15.4. The second kappa shape index (κ2) is 28.0. The summed E-state index contributed by atoms with van der Waals surface area (Å²) in [5.41, 5.74) is 10.4. The number of nitrogens with zero attached hydrogens (tertiary/aromatic N) is 7. The summed E-state index contributed by atoms with van der Waals surface area (Å²) in [5.74, 6) is 3.16. The molecule has 13 rings (SSSR count). The Morgan fingerprint density at radius 1 is 0.544 bits per heavy atom. The fraction of sp³-hybridized carbons (Fsp3) is 0.268. The number of hydrogen-bond donors (Lipinski definition) is 1. The van der Waals surface area contributed by atoms with E-state index in [1.807, 2.05) is 134 Å². The van der Waals surface area contributed by atoms with E-state index in [9.17, 15) is 27.6 Å². The number of pyridine rings is 4. The maximum Gasteiger partial charge on any atom is 1.00 e. The van der Waals surface area contributed by atoms with E-state index in [0.717, 1.165) is 145 Å². The number of nitrogens with one attached hydrogen (secondary N) is 1. The third-order valence-corrected chi connectivity index (χ3v) is 19.2. The Morgan fingerprint density at radius 2 is 1.02 bits per heavy atom. The fourth-order valence-electron chi connectivity index (χ4n) is 12.0. The SMILES string of the molecule is CN1CCC(CCOc2ccc(-c3ccc4cc(-c5cn(C)c(=O)c6[nH]ccc56)ccc4n3)cc2)CCC1=O.Cc1ccc(S(=O)(=O)n2ccc3c(-c4ccc5nc(-c6ccc(OCCC7CCC(=O)N(C)CC7)cc6)ccc5c4)cn(C)c(=O)c32)cc1.[K+].[OH-]. The molecule has 2 amide bonds. The number of aryl methyl sites for hydroxylation is 3. The molecule has 2 aliphatic heterocycles. The number of amides is 2. The van der Waals surface area contributed by atoms with Gasteiger partial charge in [-0.1, -0.05) is 42.0 Å². The molecular formula is C71H71KN8O9S. The van der Waals surface area contributed by atoms with Crippen molar-refractivity contribution >= 4 is 65.4 Å². The van der Waals surface area contributed by atoms with Gasteiger partial charge in [-0.15, -0.1) is 0 Å². The third-order valence-electron chi connectivity index (χ3n) is 17.5. The maximum absolute atomic E-state index is 13.6. The van der Waals surface area contributed by atoms with E-state index >= 15 is 0 Å². The zero-order valence-corrected chi connectivity index (χ0v) is 55.5. The van der Waals surface area contributed by atoms with Gasteiger partial charge < -0.3 is 38.9 Å². The minimum atomic E-state index is -3.99. The van der Waals surface area contributed by atoms with Crippen LogP contribution in [0.15, 0.2) is 185 Å². The molecule has 6 aromatic heterocycles. The molecule has 17 nitrogen and oxygen atoms in total. The van der Waals surface area contributed by atoms with E-state index in [0.29, 0.717) is 48.8 Å². The average Bonchev–Trinajstić information content (AvgIpc) is 1.60. The summed E-state index contributed by atoms with van der Waals surface area (Å²) in [7, 11) is 3.19. The summed E-state index contributed by atoms with van der Waals surface area (Å²) in [6, 6.07) is 46.5. The number of carbonyl (C=O) groups excluding carboxylic acids is 2. The summed E-state index contributed by atoms with van der Waals surface area (Å²) in [6.45, 7) is 4.81. The zero-order chi connectivity index (χ0) is 61.2. The van der Waals surface area contributed by atoms with Crippen LogP contribution in [-0.4, -0.2) is 104 Å². The van der Waals surface area contributed by atoms with E-state index in [4.69, 9.17) is 19.4 Å². The van der Waals surface area contributed by atoms with Gasteiger partial charge >= 0.3 is 51.4 Å². The van der Waals surface area contributed by atoms with Crippen molar-refractivity contribution in [3.8, 4) is 56.3 Å². The Bertz CT molecular complexity index is 4680. The molecule has 19 heteroatoms. The van der Waals surface area contributed by atoms with Crippen LogP contribution in [0.2, 0.25) is 0 Å². The van der Waals surface area contributed by atoms with Crippen LogP contribution in [0.4, 0.5) is 0 Å². The number of ether oxygens (including phenoxy) is 2. The molecule has 0 spiro atoms. The molecule has 0 saturated carbocycles. The number of aromatic amines is 1. The molecule has 2 aliphatic rings. The molecule has 2 fully saturated rings. The molecule has 90 heavy (non-hydrogen) atoms. The van der Waals surface area contributed by atoms with Crippen molar-refractivity contribution in [2.45, 2.75) is 63.2 Å². The molecule has 2 unspecified atom stereocenters. The average molecular weight is 1250 g/mol. The van der Waals surface area contributed by atoms with Gasteiger partial charge in [-0.05, 0) is 178 Å². The van der Waals surface area contributed by atoms with Crippen molar-refractivity contribution in [2.75, 3.05) is 40.4 Å². The Labute approximate surface area is 565 Å². The molecule has 2 N–H and O–H groups in total. The van der Waals surface area contributed by atoms with Crippen molar-refractivity contribution in [1.82, 2.24) is 37.9 Å². The first-order valence-electron chi connectivity index (χ1n) is 30.0. The standard InChI is InChI=1S/C39H38N4O5S.C32H32N4O3.K.H2O/c1-26-4-13-32(14-5-26)49(46,47)43-22-19-33-34(25-42(3)39(45)38(33)43)29-9-15-36-30(24-29)10-16-35(40-36)28-7-11-31(12-8-28)48-23-20-27-6-17-37(44)41(2)21-18-27;1-35-17-14-21(3-12-30(35)37)15-18-39-25-8-4-22(5-9-25)28-11-7-24-19-23(6-10-29(24)34-28)27-20-36(2)32(38)31-26(27)13-16-33-31;;/h4-5,7-16,19,22,24-25,27H,6,17-18,20-21,23H2,1-3H3;4-11,13,16,19-21,33H,3,12,14-15,17-18H2,1-2H3;;1H2/q;;+1;/p-1. The van der Waals surface area contributed by atoms with Crippen molar-refractivity contribution in [3.63, 3.8) is 0 Å². The van der Waals surface area contributed by atoms with Gasteiger partial charge in [0.25, 0.3) is 21.1 Å². The predicted octanol–water partition coefficient (Wildman–Crippen LogP) is 9.40. The molecule has 5 aromatic carbocycles. The quantitative estimate of drug-likeness (QED) is 0.101. The summed E-state index contributed by atoms with van der Waals surface area (Å²) >= 11 is 0. The largest absolute Gasteiger partial charge is 1.00 e. The van der Waals surface area contributed by atoms with Crippen LogP contribution < -0.4 is 72.0 Å². The van der Waals surface area contributed by atoms with Crippen LogP contribution in [0, 0.1) is 18.8 Å². The van der Waals surface area contributed by atoms with Crippen LogP contribution >= 0.6 is 0 Å². The fourth-order valence-corrected chi connectivity index (χ4v) is 13.4. The number of benzene rings is 5. The van der Waals surface area contributed by atoms with E-state index in [2.05, 4.69) is 23.2 Å². The van der Waals surface area contributed by atoms with Gasteiger partial charge in [0.2, 0.25) is 11.8 Å². The molecule has 2 atom stereocenters. The number of H-pyrrole nitrogens is 1. The van der Waals surface area contributed by atoms with Gasteiger partial charge in [0.1, 0.15) is 22.5 Å². The zero-order valence-electron chi connectivity index (χ0n) is 51.6. The van der Waals surface area contributed by atoms with Gasteiger partial charge in [0.05, 0.1) is 40.5 Å². The van der Waals surface area contributed by atoms with E-state index in [-0.39, 0.29) is 84.6 Å². The van der Waals surface area contributed by atoms with Gasteiger partial charge in [-0.2, -0.15) is 0 Å². The van der Waals surface area contributed by atoms with Crippen molar-refractivity contribution in [1.29, 1.82) is 0 Å². The van der Waals surface area contributed by atoms with Crippen molar-refractivity contribution in [2.24, 2.45) is 25.9 Å². The van der Waals surface area contributed by atoms with Crippen LogP contribution in [0.25, 0.3) is 88.4 Å². The molecule has 0 aliphatic carbocycles. The van der Waals surface area contributed by atoms with Gasteiger partial charge in [0.15, 0.2) is 0 Å². The van der Waals surface area contributed by atoms with Gasteiger partial charge in [0, 0.05) is 123 Å². The summed E-state index contributed by atoms with van der Waals surface area (Å²) in [6.07, 6.45) is 14.0. The number of hydrogen-bond acceptors (Lipinski definition) is 11. The van der Waals surface area contributed by atoms with Crippen molar-refractivity contribution in [3.05, 3.63) is 197 Å². The minimum absolute atomic E-state index is 0. The van der Waals surface area contributed by atoms with Crippen molar-refractivity contribution < 1.29 is 84.3 Å². The summed E-state index contributed by atoms with van der Waals surface area (Å²) < 4.78 is 43.4.